The molecule has 5 nitrogen and oxygen atoms in total. The Kier molecular flexibility index (Phi) is 5.22. The van der Waals surface area contributed by atoms with Crippen molar-refractivity contribution in [3.8, 4) is 11.5 Å². The van der Waals surface area contributed by atoms with Gasteiger partial charge in [0.1, 0.15) is 0 Å². The minimum absolute atomic E-state index is 0.626. The van der Waals surface area contributed by atoms with Gasteiger partial charge in [-0.25, -0.2) is 0 Å². The Bertz CT molecular complexity index is 520. The zero-order valence-corrected chi connectivity index (χ0v) is 12.8. The minimum atomic E-state index is 0.626. The second-order valence-corrected chi connectivity index (χ2v) is 5.11. The van der Waals surface area contributed by atoms with E-state index in [1.807, 2.05) is 24.4 Å². The molecule has 1 fully saturated rings. The van der Waals surface area contributed by atoms with E-state index in [2.05, 4.69) is 16.8 Å². The lowest BCUT2D eigenvalue weighted by molar-refractivity contribution is -0.103. The van der Waals surface area contributed by atoms with Crippen molar-refractivity contribution in [1.82, 2.24) is 9.80 Å². The summed E-state index contributed by atoms with van der Waals surface area (Å²) in [5.74, 6) is 1.28. The largest absolute Gasteiger partial charge is 0.493 e. The molecular weight excluding hydrogens is 268 g/mol. The van der Waals surface area contributed by atoms with E-state index < -0.39 is 0 Å². The summed E-state index contributed by atoms with van der Waals surface area (Å²) in [7, 11) is 5.29. The van der Waals surface area contributed by atoms with Crippen molar-refractivity contribution in [2.45, 2.75) is 0 Å². The van der Waals surface area contributed by atoms with Crippen molar-refractivity contribution in [1.29, 1.82) is 0 Å². The van der Waals surface area contributed by atoms with E-state index in [0.29, 0.717) is 17.1 Å². The SMILES string of the molecule is COc1ccc(/C(C=O)=C/N2CCN(C)CC2)cc1OC. The molecule has 0 aromatic heterocycles. The van der Waals surface area contributed by atoms with Crippen LogP contribution in [0.4, 0.5) is 0 Å². The highest BCUT2D eigenvalue weighted by Crippen LogP contribution is 2.30. The number of nitrogens with zero attached hydrogens (tertiary/aromatic N) is 2. The van der Waals surface area contributed by atoms with Gasteiger partial charge in [-0.05, 0) is 24.7 Å². The molecule has 21 heavy (non-hydrogen) atoms. The van der Waals surface area contributed by atoms with Crippen LogP contribution in [0.15, 0.2) is 24.4 Å². The third-order valence-corrected chi connectivity index (χ3v) is 3.70. The number of benzene rings is 1. The van der Waals surface area contributed by atoms with Crippen LogP contribution < -0.4 is 9.47 Å². The lowest BCUT2D eigenvalue weighted by Gasteiger charge is -2.31. The van der Waals surface area contributed by atoms with Crippen molar-refractivity contribution < 1.29 is 14.3 Å². The number of allylic oxidation sites excluding steroid dienone is 1. The number of rotatable bonds is 5. The van der Waals surface area contributed by atoms with Crippen molar-refractivity contribution in [3.63, 3.8) is 0 Å². The maximum Gasteiger partial charge on any atom is 0.161 e. The predicted molar refractivity (Wildman–Crippen MR) is 82.7 cm³/mol. The van der Waals surface area contributed by atoms with E-state index in [-0.39, 0.29) is 0 Å². The molecule has 0 amide bonds. The molecule has 114 valence electrons. The molecule has 0 aliphatic carbocycles. The van der Waals surface area contributed by atoms with Crippen LogP contribution in [0.5, 0.6) is 11.5 Å². The number of piperazine rings is 1. The van der Waals surface area contributed by atoms with Gasteiger partial charge in [-0.1, -0.05) is 6.07 Å². The topological polar surface area (TPSA) is 42.0 Å². The Hall–Kier alpha value is -2.01. The van der Waals surface area contributed by atoms with Gasteiger partial charge in [-0.2, -0.15) is 0 Å². The highest BCUT2D eigenvalue weighted by atomic mass is 16.5. The van der Waals surface area contributed by atoms with E-state index in [1.165, 1.54) is 0 Å². The molecule has 1 aliphatic rings. The number of aldehydes is 1. The summed E-state index contributed by atoms with van der Waals surface area (Å²) >= 11 is 0. The Labute approximate surface area is 125 Å². The Morgan fingerprint density at radius 2 is 1.76 bits per heavy atom. The number of likely N-dealkylation sites (N-methyl/N-ethyl adjacent to an activating group) is 1. The second-order valence-electron chi connectivity index (χ2n) is 5.11. The fourth-order valence-electron chi connectivity index (χ4n) is 2.34. The number of ether oxygens (including phenoxy) is 2. The van der Waals surface area contributed by atoms with Crippen molar-refractivity contribution in [3.05, 3.63) is 30.0 Å². The maximum absolute atomic E-state index is 11.4. The number of carbonyl (C=O) groups excluding carboxylic acids is 1. The molecule has 2 rings (SSSR count). The minimum Gasteiger partial charge on any atom is -0.493 e. The van der Waals surface area contributed by atoms with Gasteiger partial charge in [0.2, 0.25) is 0 Å². The van der Waals surface area contributed by atoms with Crippen LogP contribution in [0.25, 0.3) is 5.57 Å². The first-order valence-corrected chi connectivity index (χ1v) is 7.00. The third kappa shape index (κ3) is 3.76. The van der Waals surface area contributed by atoms with E-state index in [0.717, 1.165) is 38.0 Å². The smallest absolute Gasteiger partial charge is 0.161 e. The second kappa shape index (κ2) is 7.13. The molecule has 1 aromatic carbocycles. The number of carbonyl (C=O) groups is 1. The van der Waals surface area contributed by atoms with Gasteiger partial charge in [0, 0.05) is 38.0 Å². The lowest BCUT2D eigenvalue weighted by atomic mass is 10.1. The van der Waals surface area contributed by atoms with Crippen LogP contribution >= 0.6 is 0 Å². The summed E-state index contributed by atoms with van der Waals surface area (Å²) in [5, 5.41) is 0. The molecule has 0 atom stereocenters. The van der Waals surface area contributed by atoms with Gasteiger partial charge in [0.15, 0.2) is 17.8 Å². The Morgan fingerprint density at radius 1 is 1.10 bits per heavy atom. The van der Waals surface area contributed by atoms with Gasteiger partial charge in [-0.15, -0.1) is 0 Å². The van der Waals surface area contributed by atoms with Gasteiger partial charge in [-0.3, -0.25) is 4.79 Å². The van der Waals surface area contributed by atoms with Gasteiger partial charge in [0.05, 0.1) is 14.2 Å². The molecule has 0 radical (unpaired) electrons. The molecule has 1 aromatic rings. The Balaban J connectivity index is 2.22. The van der Waals surface area contributed by atoms with E-state index in [1.54, 1.807) is 14.2 Å². The number of methoxy groups -OCH3 is 2. The normalized spacial score (nSPS) is 16.7. The van der Waals surface area contributed by atoms with Crippen LogP contribution in [-0.2, 0) is 4.79 Å². The van der Waals surface area contributed by atoms with Crippen LogP contribution in [0.1, 0.15) is 5.56 Å². The van der Waals surface area contributed by atoms with Gasteiger partial charge < -0.3 is 19.3 Å². The van der Waals surface area contributed by atoms with Crippen molar-refractivity contribution in [2.24, 2.45) is 0 Å². The quantitative estimate of drug-likeness (QED) is 0.607. The standard InChI is InChI=1S/C16H22N2O3/c1-17-6-8-18(9-7-17)11-14(12-19)13-4-5-15(20-2)16(10-13)21-3/h4-5,10-12H,6-9H2,1-3H3/b14-11+. The monoisotopic (exact) mass is 290 g/mol. The number of hydrogen-bond acceptors (Lipinski definition) is 5. The van der Waals surface area contributed by atoms with Crippen LogP contribution in [-0.4, -0.2) is 63.5 Å². The molecule has 0 bridgehead atoms. The van der Waals surface area contributed by atoms with E-state index in [9.17, 15) is 4.79 Å². The van der Waals surface area contributed by atoms with Crippen LogP contribution in [0.3, 0.4) is 0 Å². The van der Waals surface area contributed by atoms with Gasteiger partial charge in [0.25, 0.3) is 0 Å². The van der Waals surface area contributed by atoms with E-state index in [4.69, 9.17) is 9.47 Å². The summed E-state index contributed by atoms with van der Waals surface area (Å²) in [6.45, 7) is 3.88. The van der Waals surface area contributed by atoms with Crippen LogP contribution in [0, 0.1) is 0 Å². The molecule has 0 unspecified atom stereocenters. The highest BCUT2D eigenvalue weighted by molar-refractivity contribution is 6.06. The fraction of sp³-hybridized carbons (Fsp3) is 0.438. The summed E-state index contributed by atoms with van der Waals surface area (Å²) in [6, 6.07) is 5.52. The van der Waals surface area contributed by atoms with Gasteiger partial charge >= 0.3 is 0 Å². The highest BCUT2D eigenvalue weighted by Gasteiger charge is 2.13. The lowest BCUT2D eigenvalue weighted by Crippen LogP contribution is -2.41. The first-order chi connectivity index (χ1) is 10.2. The van der Waals surface area contributed by atoms with Crippen molar-refractivity contribution >= 4 is 11.9 Å². The molecule has 0 spiro atoms. The molecule has 1 aliphatic heterocycles. The molecule has 1 heterocycles. The zero-order chi connectivity index (χ0) is 15.2. The van der Waals surface area contributed by atoms with Crippen molar-refractivity contribution in [2.75, 3.05) is 47.4 Å². The van der Waals surface area contributed by atoms with Crippen LogP contribution in [0.2, 0.25) is 0 Å². The first kappa shape index (κ1) is 15.4. The zero-order valence-electron chi connectivity index (χ0n) is 12.8. The summed E-state index contributed by atoms with van der Waals surface area (Å²) in [5.41, 5.74) is 1.49. The first-order valence-electron chi connectivity index (χ1n) is 7.00. The predicted octanol–water partition coefficient (Wildman–Crippen LogP) is 1.49. The molecule has 5 heteroatoms. The summed E-state index contributed by atoms with van der Waals surface area (Å²) in [4.78, 5) is 15.9. The molecule has 0 N–H and O–H groups in total. The summed E-state index contributed by atoms with van der Waals surface area (Å²) < 4.78 is 10.5. The Morgan fingerprint density at radius 3 is 2.33 bits per heavy atom. The maximum atomic E-state index is 11.4. The van der Waals surface area contributed by atoms with E-state index >= 15 is 0 Å². The molecule has 0 saturated carbocycles. The average Bonchev–Trinajstić information content (AvgIpc) is 2.53. The molecule has 1 saturated heterocycles. The summed E-state index contributed by atoms with van der Waals surface area (Å²) in [6.07, 6.45) is 2.82. The third-order valence-electron chi connectivity index (χ3n) is 3.70. The fourth-order valence-corrected chi connectivity index (χ4v) is 2.34. The number of hydrogen-bond donors (Lipinski definition) is 0. The molecular formula is C16H22N2O3. The average molecular weight is 290 g/mol.